The minimum atomic E-state index is 0.227. The van der Waals surface area contributed by atoms with Crippen LogP contribution in [0.15, 0.2) is 24.4 Å². The van der Waals surface area contributed by atoms with E-state index >= 15 is 0 Å². The molecule has 84 valence electrons. The topological polar surface area (TPSA) is 50.7 Å². The average molecular weight is 234 g/mol. The van der Waals surface area contributed by atoms with Gasteiger partial charge in [-0.1, -0.05) is 6.07 Å². The van der Waals surface area contributed by atoms with Gasteiger partial charge in [-0.2, -0.15) is 0 Å². The fourth-order valence-electron chi connectivity index (χ4n) is 1.39. The van der Waals surface area contributed by atoms with Gasteiger partial charge in [-0.05, 0) is 26.0 Å². The van der Waals surface area contributed by atoms with Crippen molar-refractivity contribution in [2.45, 2.75) is 26.4 Å². The highest BCUT2D eigenvalue weighted by atomic mass is 32.1. The summed E-state index contributed by atoms with van der Waals surface area (Å²) in [4.78, 5) is 4.30. The molecule has 2 heterocycles. The first kappa shape index (κ1) is 11.2. The quantitative estimate of drug-likeness (QED) is 0.880. The molecule has 0 aromatic carbocycles. The van der Waals surface area contributed by atoms with Crippen LogP contribution >= 0.6 is 11.3 Å². The maximum absolute atomic E-state index is 4.30. The largest absolute Gasteiger partial charge is 0.302 e. The molecule has 0 aliphatic heterocycles. The third-order valence-corrected chi connectivity index (χ3v) is 3.10. The standard InChI is InChI=1S/C11H14N4S/c1-8(10-5-3-4-6-12-10)13-7-11-15-14-9(2)16-11/h3-6,8,13H,7H2,1-2H3. The second kappa shape index (κ2) is 5.14. The van der Waals surface area contributed by atoms with Crippen LogP contribution in [0.1, 0.15) is 28.7 Å². The van der Waals surface area contributed by atoms with E-state index in [1.165, 1.54) is 0 Å². The first-order valence-electron chi connectivity index (χ1n) is 5.19. The van der Waals surface area contributed by atoms with E-state index in [1.54, 1.807) is 11.3 Å². The van der Waals surface area contributed by atoms with E-state index in [-0.39, 0.29) is 6.04 Å². The summed E-state index contributed by atoms with van der Waals surface area (Å²) in [5, 5.41) is 13.4. The van der Waals surface area contributed by atoms with Crippen molar-refractivity contribution < 1.29 is 0 Å². The molecule has 5 heteroatoms. The fourth-order valence-corrected chi connectivity index (χ4v) is 2.05. The van der Waals surface area contributed by atoms with Crippen LogP contribution in [0.2, 0.25) is 0 Å². The Morgan fingerprint density at radius 1 is 1.38 bits per heavy atom. The lowest BCUT2D eigenvalue weighted by molar-refractivity contribution is 0.558. The number of hydrogen-bond donors (Lipinski definition) is 1. The van der Waals surface area contributed by atoms with Gasteiger partial charge < -0.3 is 5.32 Å². The van der Waals surface area contributed by atoms with Crippen LogP contribution in [0.5, 0.6) is 0 Å². The number of nitrogens with zero attached hydrogens (tertiary/aromatic N) is 3. The number of pyridine rings is 1. The van der Waals surface area contributed by atoms with Crippen molar-refractivity contribution in [3.05, 3.63) is 40.1 Å². The summed E-state index contributed by atoms with van der Waals surface area (Å²) in [5.74, 6) is 0. The summed E-state index contributed by atoms with van der Waals surface area (Å²) in [6.07, 6.45) is 1.81. The van der Waals surface area contributed by atoms with Gasteiger partial charge in [-0.15, -0.1) is 21.5 Å². The Morgan fingerprint density at radius 2 is 2.25 bits per heavy atom. The van der Waals surface area contributed by atoms with Gasteiger partial charge in [0.1, 0.15) is 10.0 Å². The van der Waals surface area contributed by atoms with Crippen molar-refractivity contribution in [1.82, 2.24) is 20.5 Å². The predicted molar refractivity (Wildman–Crippen MR) is 64.1 cm³/mol. The fraction of sp³-hybridized carbons (Fsp3) is 0.364. The molecule has 0 aliphatic rings. The summed E-state index contributed by atoms with van der Waals surface area (Å²) in [5.41, 5.74) is 1.05. The van der Waals surface area contributed by atoms with Crippen LogP contribution in [0.4, 0.5) is 0 Å². The summed E-state index contributed by atoms with van der Waals surface area (Å²) >= 11 is 1.62. The Balaban J connectivity index is 1.91. The molecule has 0 saturated heterocycles. The van der Waals surface area contributed by atoms with E-state index in [4.69, 9.17) is 0 Å². The van der Waals surface area contributed by atoms with Crippen molar-refractivity contribution in [2.75, 3.05) is 0 Å². The molecular weight excluding hydrogens is 220 g/mol. The Hall–Kier alpha value is -1.33. The minimum Gasteiger partial charge on any atom is -0.302 e. The molecule has 2 rings (SSSR count). The maximum Gasteiger partial charge on any atom is 0.131 e. The first-order chi connectivity index (χ1) is 7.75. The van der Waals surface area contributed by atoms with Gasteiger partial charge in [0.05, 0.1) is 12.2 Å². The molecule has 16 heavy (non-hydrogen) atoms. The SMILES string of the molecule is Cc1nnc(CNC(C)c2ccccn2)s1. The Morgan fingerprint density at radius 3 is 2.88 bits per heavy atom. The predicted octanol–water partition coefficient (Wildman–Crippen LogP) is 2.09. The zero-order chi connectivity index (χ0) is 11.4. The Labute approximate surface area is 98.8 Å². The van der Waals surface area contributed by atoms with Crippen LogP contribution < -0.4 is 5.32 Å². The van der Waals surface area contributed by atoms with E-state index in [0.29, 0.717) is 0 Å². The Bertz CT molecular complexity index is 440. The van der Waals surface area contributed by atoms with E-state index < -0.39 is 0 Å². The average Bonchev–Trinajstić information content (AvgIpc) is 2.73. The molecule has 1 N–H and O–H groups in total. The summed E-state index contributed by atoms with van der Waals surface area (Å²) < 4.78 is 0. The zero-order valence-electron chi connectivity index (χ0n) is 9.34. The molecule has 2 aromatic heterocycles. The first-order valence-corrected chi connectivity index (χ1v) is 6.00. The molecule has 0 amide bonds. The van der Waals surface area contributed by atoms with E-state index in [0.717, 1.165) is 22.3 Å². The lowest BCUT2D eigenvalue weighted by Crippen LogP contribution is -2.18. The van der Waals surface area contributed by atoms with Crippen molar-refractivity contribution in [1.29, 1.82) is 0 Å². The molecule has 4 nitrogen and oxygen atoms in total. The Kier molecular flexibility index (Phi) is 3.58. The second-order valence-corrected chi connectivity index (χ2v) is 4.84. The molecule has 0 aliphatic carbocycles. The smallest absolute Gasteiger partial charge is 0.131 e. The zero-order valence-corrected chi connectivity index (χ0v) is 10.2. The van der Waals surface area contributed by atoms with Gasteiger partial charge in [-0.3, -0.25) is 4.98 Å². The normalized spacial score (nSPS) is 12.6. The highest BCUT2D eigenvalue weighted by Gasteiger charge is 2.07. The van der Waals surface area contributed by atoms with Crippen LogP contribution in [0.25, 0.3) is 0 Å². The van der Waals surface area contributed by atoms with Crippen LogP contribution in [-0.2, 0) is 6.54 Å². The van der Waals surface area contributed by atoms with E-state index in [9.17, 15) is 0 Å². The highest BCUT2D eigenvalue weighted by molar-refractivity contribution is 7.11. The van der Waals surface area contributed by atoms with Gasteiger partial charge in [0.15, 0.2) is 0 Å². The lowest BCUT2D eigenvalue weighted by atomic mass is 10.2. The van der Waals surface area contributed by atoms with Gasteiger partial charge in [0, 0.05) is 12.2 Å². The number of rotatable bonds is 4. The molecule has 1 unspecified atom stereocenters. The van der Waals surface area contributed by atoms with Gasteiger partial charge in [0.25, 0.3) is 0 Å². The molecule has 0 radical (unpaired) electrons. The third-order valence-electron chi connectivity index (χ3n) is 2.26. The number of aryl methyl sites for hydroxylation is 1. The number of aromatic nitrogens is 3. The number of hydrogen-bond acceptors (Lipinski definition) is 5. The monoisotopic (exact) mass is 234 g/mol. The third kappa shape index (κ3) is 2.84. The summed E-state index contributed by atoms with van der Waals surface area (Å²) in [7, 11) is 0. The van der Waals surface area contributed by atoms with Crippen molar-refractivity contribution in [2.24, 2.45) is 0 Å². The maximum atomic E-state index is 4.30. The van der Waals surface area contributed by atoms with Gasteiger partial charge in [0.2, 0.25) is 0 Å². The second-order valence-electron chi connectivity index (χ2n) is 3.57. The van der Waals surface area contributed by atoms with Crippen LogP contribution in [-0.4, -0.2) is 15.2 Å². The molecule has 2 aromatic rings. The van der Waals surface area contributed by atoms with Crippen molar-refractivity contribution in [3.8, 4) is 0 Å². The lowest BCUT2D eigenvalue weighted by Gasteiger charge is -2.11. The molecule has 0 spiro atoms. The van der Waals surface area contributed by atoms with Crippen molar-refractivity contribution in [3.63, 3.8) is 0 Å². The highest BCUT2D eigenvalue weighted by Crippen LogP contribution is 2.11. The molecular formula is C11H14N4S. The van der Waals surface area contributed by atoms with Gasteiger partial charge >= 0.3 is 0 Å². The summed E-state index contributed by atoms with van der Waals surface area (Å²) in [6, 6.07) is 6.16. The van der Waals surface area contributed by atoms with Crippen LogP contribution in [0.3, 0.4) is 0 Å². The molecule has 0 saturated carbocycles. The van der Waals surface area contributed by atoms with E-state index in [2.05, 4.69) is 27.4 Å². The molecule has 0 fully saturated rings. The van der Waals surface area contributed by atoms with Crippen molar-refractivity contribution >= 4 is 11.3 Å². The van der Waals surface area contributed by atoms with E-state index in [1.807, 2.05) is 31.3 Å². The van der Waals surface area contributed by atoms with Crippen LogP contribution in [0, 0.1) is 6.92 Å². The molecule has 1 atom stereocenters. The summed E-state index contributed by atoms with van der Waals surface area (Å²) in [6.45, 7) is 4.79. The number of nitrogens with one attached hydrogen (secondary N) is 1. The minimum absolute atomic E-state index is 0.227. The molecule has 0 bridgehead atoms. The van der Waals surface area contributed by atoms with Gasteiger partial charge in [-0.25, -0.2) is 0 Å².